The molecule has 3 heteroatoms. The van der Waals surface area contributed by atoms with E-state index >= 15 is 0 Å². The van der Waals surface area contributed by atoms with Gasteiger partial charge in [-0.05, 0) is 68.4 Å². The van der Waals surface area contributed by atoms with Crippen LogP contribution in [0, 0.1) is 17.8 Å². The van der Waals surface area contributed by atoms with E-state index in [0.29, 0.717) is 0 Å². The molecule has 4 saturated carbocycles. The second-order valence-corrected chi connectivity index (χ2v) is 8.03. The zero-order valence-corrected chi connectivity index (χ0v) is 13.3. The third-order valence-electron chi connectivity index (χ3n) is 6.31. The summed E-state index contributed by atoms with van der Waals surface area (Å²) in [7, 11) is 0. The van der Waals surface area contributed by atoms with Gasteiger partial charge in [-0.15, -0.1) is 0 Å². The molecule has 0 aliphatic heterocycles. The second kappa shape index (κ2) is 4.80. The van der Waals surface area contributed by atoms with Gasteiger partial charge in [0.05, 0.1) is 11.1 Å². The van der Waals surface area contributed by atoms with Gasteiger partial charge in [-0.3, -0.25) is 9.78 Å². The molecule has 0 unspecified atom stereocenters. The van der Waals surface area contributed by atoms with Crippen molar-refractivity contribution in [2.75, 3.05) is 0 Å². The summed E-state index contributed by atoms with van der Waals surface area (Å²) in [6, 6.07) is 9.77. The van der Waals surface area contributed by atoms with Crippen LogP contribution in [-0.2, 0) is 0 Å². The van der Waals surface area contributed by atoms with Crippen LogP contribution in [-0.4, -0.2) is 16.4 Å². The summed E-state index contributed by atoms with van der Waals surface area (Å²) in [6.07, 6.45) is 9.50. The maximum Gasteiger partial charge on any atom is 0.252 e. The van der Waals surface area contributed by atoms with Gasteiger partial charge >= 0.3 is 0 Å². The Hall–Kier alpha value is -1.90. The Morgan fingerprint density at radius 1 is 1.00 bits per heavy atom. The van der Waals surface area contributed by atoms with Gasteiger partial charge in [-0.1, -0.05) is 18.2 Å². The Bertz CT molecular complexity index is 742. The molecule has 2 aromatic rings. The topological polar surface area (TPSA) is 42.0 Å². The van der Waals surface area contributed by atoms with Crippen molar-refractivity contribution >= 4 is 16.8 Å². The molecule has 1 heterocycles. The van der Waals surface area contributed by atoms with E-state index in [1.165, 1.54) is 38.5 Å². The highest BCUT2D eigenvalue weighted by molar-refractivity contribution is 6.06. The summed E-state index contributed by atoms with van der Waals surface area (Å²) in [5.41, 5.74) is 1.73. The lowest BCUT2D eigenvalue weighted by atomic mass is 9.53. The second-order valence-electron chi connectivity index (χ2n) is 8.03. The number of hydrogen-bond acceptors (Lipinski definition) is 2. The molecule has 6 rings (SSSR count). The Kier molecular flexibility index (Phi) is 2.82. The number of benzene rings is 1. The number of para-hydroxylation sites is 1. The van der Waals surface area contributed by atoms with Crippen LogP contribution in [0.15, 0.2) is 36.5 Å². The van der Waals surface area contributed by atoms with Crippen LogP contribution < -0.4 is 5.32 Å². The number of nitrogens with one attached hydrogen (secondary N) is 1. The van der Waals surface area contributed by atoms with Gasteiger partial charge < -0.3 is 5.32 Å². The smallest absolute Gasteiger partial charge is 0.252 e. The normalized spacial score (nSPS) is 34.7. The monoisotopic (exact) mass is 306 g/mol. The maximum atomic E-state index is 13.0. The number of hydrogen-bond donors (Lipinski definition) is 1. The molecule has 23 heavy (non-hydrogen) atoms. The Labute approximate surface area is 136 Å². The standard InChI is InChI=1S/C20H22N2O/c23-19(17-5-6-21-18-4-2-1-3-16(17)18)22-20-10-13-7-14(11-20)9-15(8-13)12-20/h1-6,13-15H,7-12H2,(H,22,23). The molecular weight excluding hydrogens is 284 g/mol. The van der Waals surface area contributed by atoms with Crippen LogP contribution in [0.2, 0.25) is 0 Å². The van der Waals surface area contributed by atoms with E-state index in [-0.39, 0.29) is 11.4 Å². The van der Waals surface area contributed by atoms with Crippen LogP contribution in [0.4, 0.5) is 0 Å². The lowest BCUT2D eigenvalue weighted by Gasteiger charge is -2.56. The molecule has 0 saturated heterocycles. The van der Waals surface area contributed by atoms with E-state index in [1.54, 1.807) is 6.20 Å². The molecule has 3 nitrogen and oxygen atoms in total. The van der Waals surface area contributed by atoms with Gasteiger partial charge in [0.2, 0.25) is 0 Å². The summed E-state index contributed by atoms with van der Waals surface area (Å²) >= 11 is 0. The number of rotatable bonds is 2. The van der Waals surface area contributed by atoms with Crippen molar-refractivity contribution in [1.29, 1.82) is 0 Å². The minimum Gasteiger partial charge on any atom is -0.347 e. The zero-order valence-electron chi connectivity index (χ0n) is 13.3. The van der Waals surface area contributed by atoms with Gasteiger partial charge in [0, 0.05) is 17.1 Å². The molecule has 4 bridgehead atoms. The lowest BCUT2D eigenvalue weighted by Crippen LogP contribution is -2.59. The highest BCUT2D eigenvalue weighted by Crippen LogP contribution is 2.55. The number of carbonyl (C=O) groups is 1. The number of amides is 1. The number of fused-ring (bicyclic) bond motifs is 1. The van der Waals surface area contributed by atoms with Crippen LogP contribution in [0.1, 0.15) is 48.9 Å². The quantitative estimate of drug-likeness (QED) is 0.913. The zero-order chi connectivity index (χ0) is 15.4. The average molecular weight is 306 g/mol. The van der Waals surface area contributed by atoms with Crippen LogP contribution in [0.3, 0.4) is 0 Å². The van der Waals surface area contributed by atoms with Crippen LogP contribution in [0.25, 0.3) is 10.9 Å². The van der Waals surface area contributed by atoms with Crippen molar-refractivity contribution in [2.24, 2.45) is 17.8 Å². The Balaban J connectivity index is 1.47. The molecule has 4 aliphatic rings. The molecule has 0 spiro atoms. The van der Waals surface area contributed by atoms with Crippen LogP contribution >= 0.6 is 0 Å². The first-order chi connectivity index (χ1) is 11.2. The predicted molar refractivity (Wildman–Crippen MR) is 90.1 cm³/mol. The lowest BCUT2D eigenvalue weighted by molar-refractivity contribution is -0.0166. The highest BCUT2D eigenvalue weighted by atomic mass is 16.1. The average Bonchev–Trinajstić information content (AvgIpc) is 2.52. The van der Waals surface area contributed by atoms with Crippen molar-refractivity contribution in [3.63, 3.8) is 0 Å². The van der Waals surface area contributed by atoms with Crippen molar-refractivity contribution in [3.05, 3.63) is 42.1 Å². The molecule has 1 amide bonds. The van der Waals surface area contributed by atoms with Crippen molar-refractivity contribution in [2.45, 2.75) is 44.1 Å². The first-order valence-corrected chi connectivity index (χ1v) is 8.87. The number of pyridine rings is 1. The minimum absolute atomic E-state index is 0.0657. The fourth-order valence-electron chi connectivity index (χ4n) is 5.87. The summed E-state index contributed by atoms with van der Waals surface area (Å²) in [4.78, 5) is 17.4. The van der Waals surface area contributed by atoms with Crippen molar-refractivity contribution in [1.82, 2.24) is 10.3 Å². The first kappa shape index (κ1) is 13.5. The van der Waals surface area contributed by atoms with Crippen molar-refractivity contribution < 1.29 is 4.79 Å². The molecule has 4 aliphatic carbocycles. The van der Waals surface area contributed by atoms with Gasteiger partial charge in [0.1, 0.15) is 0 Å². The van der Waals surface area contributed by atoms with Gasteiger partial charge in [0.25, 0.3) is 5.91 Å². The summed E-state index contributed by atoms with van der Waals surface area (Å²) in [5, 5.41) is 4.42. The summed E-state index contributed by atoms with van der Waals surface area (Å²) < 4.78 is 0. The molecule has 1 N–H and O–H groups in total. The van der Waals surface area contributed by atoms with E-state index in [4.69, 9.17) is 0 Å². The van der Waals surface area contributed by atoms with Gasteiger partial charge in [0.15, 0.2) is 0 Å². The predicted octanol–water partition coefficient (Wildman–Crippen LogP) is 3.93. The molecule has 118 valence electrons. The molecule has 1 aromatic heterocycles. The fraction of sp³-hybridized carbons (Fsp3) is 0.500. The summed E-state index contributed by atoms with van der Waals surface area (Å²) in [5.74, 6) is 2.62. The minimum atomic E-state index is 0.0657. The molecule has 4 fully saturated rings. The molecule has 0 atom stereocenters. The fourth-order valence-corrected chi connectivity index (χ4v) is 5.87. The van der Waals surface area contributed by atoms with E-state index < -0.39 is 0 Å². The number of nitrogens with zero attached hydrogens (tertiary/aromatic N) is 1. The molecule has 1 aromatic carbocycles. The van der Waals surface area contributed by atoms with E-state index in [9.17, 15) is 4.79 Å². The first-order valence-electron chi connectivity index (χ1n) is 8.87. The van der Waals surface area contributed by atoms with E-state index in [0.717, 1.165) is 34.2 Å². The SMILES string of the molecule is O=C(NC12CC3CC(CC(C3)C1)C2)c1ccnc2ccccc12. The van der Waals surface area contributed by atoms with Crippen LogP contribution in [0.5, 0.6) is 0 Å². The third kappa shape index (κ3) is 2.17. The Morgan fingerprint density at radius 3 is 2.35 bits per heavy atom. The molecule has 0 radical (unpaired) electrons. The highest BCUT2D eigenvalue weighted by Gasteiger charge is 2.51. The number of carbonyl (C=O) groups excluding carboxylic acids is 1. The van der Waals surface area contributed by atoms with Gasteiger partial charge in [-0.25, -0.2) is 0 Å². The largest absolute Gasteiger partial charge is 0.347 e. The number of aromatic nitrogens is 1. The summed E-state index contributed by atoms with van der Waals surface area (Å²) in [6.45, 7) is 0. The van der Waals surface area contributed by atoms with E-state index in [2.05, 4.69) is 10.3 Å². The molecular formula is C20H22N2O. The van der Waals surface area contributed by atoms with E-state index in [1.807, 2.05) is 30.3 Å². The van der Waals surface area contributed by atoms with Crippen molar-refractivity contribution in [3.8, 4) is 0 Å². The Morgan fingerprint density at radius 2 is 1.65 bits per heavy atom. The third-order valence-corrected chi connectivity index (χ3v) is 6.31. The maximum absolute atomic E-state index is 13.0. The van der Waals surface area contributed by atoms with Gasteiger partial charge in [-0.2, -0.15) is 0 Å².